The highest BCUT2D eigenvalue weighted by Gasteiger charge is 2.37. The quantitative estimate of drug-likeness (QED) is 0.867. The number of amides is 1. The number of carbonyl (C=O) groups excluding carboxylic acids is 1. The molecule has 1 aromatic rings. The summed E-state index contributed by atoms with van der Waals surface area (Å²) >= 11 is 0. The number of methoxy groups -OCH3 is 1. The lowest BCUT2D eigenvalue weighted by Crippen LogP contribution is -2.38. The molecule has 1 unspecified atom stereocenters. The van der Waals surface area contributed by atoms with Gasteiger partial charge >= 0.3 is 0 Å². The molecule has 1 aliphatic rings. The van der Waals surface area contributed by atoms with Crippen molar-refractivity contribution in [2.24, 2.45) is 5.73 Å². The van der Waals surface area contributed by atoms with Gasteiger partial charge in [0.15, 0.2) is 0 Å². The Hall–Kier alpha value is -1.62. The van der Waals surface area contributed by atoms with Crippen molar-refractivity contribution in [1.82, 2.24) is 5.32 Å². The number of nitrogens with one attached hydrogen (secondary N) is 1. The minimum atomic E-state index is -0.548. The minimum Gasteiger partial charge on any atom is -0.496 e. The molecule has 5 heteroatoms. The molecule has 19 heavy (non-hydrogen) atoms. The first-order chi connectivity index (χ1) is 9.11. The van der Waals surface area contributed by atoms with Crippen LogP contribution < -0.4 is 15.8 Å². The van der Waals surface area contributed by atoms with Crippen molar-refractivity contribution in [3.63, 3.8) is 0 Å². The number of rotatable bonds is 3. The Labute approximate surface area is 112 Å². The Kier molecular flexibility index (Phi) is 4.04. The van der Waals surface area contributed by atoms with Crippen molar-refractivity contribution in [2.45, 2.75) is 24.7 Å². The third-order valence-corrected chi connectivity index (χ3v) is 3.78. The largest absolute Gasteiger partial charge is 0.496 e. The van der Waals surface area contributed by atoms with Crippen LogP contribution >= 0.6 is 0 Å². The minimum absolute atomic E-state index is 0.0470. The van der Waals surface area contributed by atoms with Crippen LogP contribution in [0.1, 0.15) is 24.8 Å². The summed E-state index contributed by atoms with van der Waals surface area (Å²) in [5.41, 5.74) is 6.06. The van der Waals surface area contributed by atoms with Crippen LogP contribution in [0.3, 0.4) is 0 Å². The van der Waals surface area contributed by atoms with Crippen molar-refractivity contribution < 1.29 is 13.9 Å². The van der Waals surface area contributed by atoms with Crippen molar-refractivity contribution in [1.29, 1.82) is 0 Å². The van der Waals surface area contributed by atoms with Gasteiger partial charge in [-0.2, -0.15) is 0 Å². The molecule has 0 aromatic heterocycles. The lowest BCUT2D eigenvalue weighted by atomic mass is 9.74. The highest BCUT2D eigenvalue weighted by Crippen LogP contribution is 2.39. The zero-order valence-corrected chi connectivity index (χ0v) is 11.0. The number of benzene rings is 1. The van der Waals surface area contributed by atoms with E-state index in [1.807, 2.05) is 0 Å². The fourth-order valence-electron chi connectivity index (χ4n) is 2.72. The van der Waals surface area contributed by atoms with Gasteiger partial charge in [0, 0.05) is 30.5 Å². The maximum absolute atomic E-state index is 13.5. The smallest absolute Gasteiger partial charge is 0.220 e. The van der Waals surface area contributed by atoms with Crippen LogP contribution in [-0.2, 0) is 10.2 Å². The van der Waals surface area contributed by atoms with E-state index in [9.17, 15) is 9.18 Å². The van der Waals surface area contributed by atoms with E-state index in [1.54, 1.807) is 6.07 Å². The predicted molar refractivity (Wildman–Crippen MR) is 70.5 cm³/mol. The molecule has 0 bridgehead atoms. The zero-order valence-electron chi connectivity index (χ0n) is 11.0. The summed E-state index contributed by atoms with van der Waals surface area (Å²) in [5, 5.41) is 2.83. The molecule has 1 heterocycles. The average molecular weight is 266 g/mol. The molecule has 2 rings (SSSR count). The van der Waals surface area contributed by atoms with Gasteiger partial charge in [-0.3, -0.25) is 4.79 Å². The van der Waals surface area contributed by atoms with Crippen LogP contribution in [0, 0.1) is 5.82 Å². The fourth-order valence-corrected chi connectivity index (χ4v) is 2.72. The number of halogens is 1. The molecule has 104 valence electrons. The van der Waals surface area contributed by atoms with E-state index in [4.69, 9.17) is 10.5 Å². The number of carbonyl (C=O) groups is 1. The third-order valence-electron chi connectivity index (χ3n) is 3.78. The monoisotopic (exact) mass is 266 g/mol. The molecule has 1 aliphatic heterocycles. The van der Waals surface area contributed by atoms with Crippen molar-refractivity contribution in [3.05, 3.63) is 29.6 Å². The SMILES string of the molecule is COc1ccc(F)cc1C1(CN)CCCNC(=O)C1. The summed E-state index contributed by atoms with van der Waals surface area (Å²) in [7, 11) is 1.54. The first-order valence-corrected chi connectivity index (χ1v) is 6.42. The van der Waals surface area contributed by atoms with Crippen molar-refractivity contribution in [3.8, 4) is 5.75 Å². The summed E-state index contributed by atoms with van der Waals surface area (Å²) in [6.07, 6.45) is 1.83. The zero-order chi connectivity index (χ0) is 13.9. The fraction of sp³-hybridized carbons (Fsp3) is 0.500. The predicted octanol–water partition coefficient (Wildman–Crippen LogP) is 1.33. The summed E-state index contributed by atoms with van der Waals surface area (Å²) in [6, 6.07) is 4.37. The number of hydrogen-bond donors (Lipinski definition) is 2. The van der Waals surface area contributed by atoms with Gasteiger partial charge in [0.05, 0.1) is 7.11 Å². The van der Waals surface area contributed by atoms with Crippen LogP contribution in [0.5, 0.6) is 5.75 Å². The molecule has 1 amide bonds. The molecular weight excluding hydrogens is 247 g/mol. The Morgan fingerprint density at radius 1 is 1.53 bits per heavy atom. The van der Waals surface area contributed by atoms with Crippen LogP contribution in [0.4, 0.5) is 4.39 Å². The highest BCUT2D eigenvalue weighted by atomic mass is 19.1. The van der Waals surface area contributed by atoms with Gasteiger partial charge in [0.25, 0.3) is 0 Å². The van der Waals surface area contributed by atoms with Gasteiger partial charge < -0.3 is 15.8 Å². The lowest BCUT2D eigenvalue weighted by molar-refractivity contribution is -0.121. The summed E-state index contributed by atoms with van der Waals surface area (Å²) < 4.78 is 18.8. The number of nitrogens with two attached hydrogens (primary N) is 1. The molecule has 1 atom stereocenters. The first kappa shape index (κ1) is 13.8. The molecule has 1 aromatic carbocycles. The highest BCUT2D eigenvalue weighted by molar-refractivity contribution is 5.78. The molecule has 4 nitrogen and oxygen atoms in total. The second kappa shape index (κ2) is 5.57. The maximum atomic E-state index is 13.5. The van der Waals surface area contributed by atoms with Crippen molar-refractivity contribution in [2.75, 3.05) is 20.2 Å². The van der Waals surface area contributed by atoms with E-state index in [1.165, 1.54) is 19.2 Å². The Balaban J connectivity index is 2.50. The van der Waals surface area contributed by atoms with Gasteiger partial charge in [-0.05, 0) is 31.0 Å². The Morgan fingerprint density at radius 3 is 3.00 bits per heavy atom. The molecule has 0 aliphatic carbocycles. The molecule has 3 N–H and O–H groups in total. The summed E-state index contributed by atoms with van der Waals surface area (Å²) in [4.78, 5) is 11.8. The van der Waals surface area contributed by atoms with E-state index in [-0.39, 0.29) is 18.1 Å². The normalized spacial score (nSPS) is 23.6. The third kappa shape index (κ3) is 2.71. The number of hydrogen-bond acceptors (Lipinski definition) is 3. The van der Waals surface area contributed by atoms with Crippen LogP contribution in [-0.4, -0.2) is 26.1 Å². The molecule has 0 spiro atoms. The lowest BCUT2D eigenvalue weighted by Gasteiger charge is -2.32. The van der Waals surface area contributed by atoms with Crippen LogP contribution in [0.25, 0.3) is 0 Å². The number of ether oxygens (including phenoxy) is 1. The van der Waals surface area contributed by atoms with Crippen molar-refractivity contribution >= 4 is 5.91 Å². The molecule has 0 radical (unpaired) electrons. The van der Waals surface area contributed by atoms with Gasteiger partial charge in [-0.1, -0.05) is 0 Å². The van der Waals surface area contributed by atoms with E-state index in [0.29, 0.717) is 24.4 Å². The Morgan fingerprint density at radius 2 is 2.32 bits per heavy atom. The van der Waals surface area contributed by atoms with E-state index >= 15 is 0 Å². The second-order valence-corrected chi connectivity index (χ2v) is 4.96. The summed E-state index contributed by atoms with van der Waals surface area (Å²) in [5.74, 6) is 0.198. The molecular formula is C14H19FN2O2. The van der Waals surface area contributed by atoms with E-state index < -0.39 is 5.41 Å². The topological polar surface area (TPSA) is 64.3 Å². The van der Waals surface area contributed by atoms with Gasteiger partial charge in [-0.15, -0.1) is 0 Å². The molecule has 1 saturated heterocycles. The van der Waals surface area contributed by atoms with Gasteiger partial charge in [0.1, 0.15) is 11.6 Å². The van der Waals surface area contributed by atoms with E-state index in [2.05, 4.69) is 5.32 Å². The second-order valence-electron chi connectivity index (χ2n) is 4.96. The summed E-state index contributed by atoms with van der Waals surface area (Å²) in [6.45, 7) is 0.929. The van der Waals surface area contributed by atoms with Crippen LogP contribution in [0.15, 0.2) is 18.2 Å². The Bertz CT molecular complexity index is 479. The van der Waals surface area contributed by atoms with E-state index in [0.717, 1.165) is 12.8 Å². The standard InChI is InChI=1S/C14H19FN2O2/c1-19-12-4-3-10(15)7-11(12)14(9-16)5-2-6-17-13(18)8-14/h3-4,7H,2,5-6,8-9,16H2,1H3,(H,17,18). The molecule has 1 fully saturated rings. The van der Waals surface area contributed by atoms with Gasteiger partial charge in [0.2, 0.25) is 5.91 Å². The van der Waals surface area contributed by atoms with Crippen LogP contribution in [0.2, 0.25) is 0 Å². The molecule has 0 saturated carbocycles. The maximum Gasteiger partial charge on any atom is 0.220 e. The van der Waals surface area contributed by atoms with Gasteiger partial charge in [-0.25, -0.2) is 4.39 Å². The first-order valence-electron chi connectivity index (χ1n) is 6.42. The average Bonchev–Trinajstić information content (AvgIpc) is 2.61.